The summed E-state index contributed by atoms with van der Waals surface area (Å²) in [5, 5.41) is 15.1. The SMILES string of the molecule is Cc1cccc(CN2CCC(O)(c3ccc4oc(C(=O)NCc5cccnc5)cc4c3)CC2)c1. The van der Waals surface area contributed by atoms with Gasteiger partial charge in [-0.15, -0.1) is 0 Å². The normalized spacial score (nSPS) is 15.9. The van der Waals surface area contributed by atoms with E-state index in [1.54, 1.807) is 18.5 Å². The van der Waals surface area contributed by atoms with E-state index in [1.165, 1.54) is 11.1 Å². The van der Waals surface area contributed by atoms with Crippen LogP contribution >= 0.6 is 0 Å². The van der Waals surface area contributed by atoms with Crippen molar-refractivity contribution in [2.45, 2.75) is 38.5 Å². The van der Waals surface area contributed by atoms with Crippen LogP contribution in [0.1, 0.15) is 45.7 Å². The molecule has 1 amide bonds. The molecular formula is C28H29N3O3. The van der Waals surface area contributed by atoms with Crippen LogP contribution in [-0.2, 0) is 18.7 Å². The number of likely N-dealkylation sites (tertiary alicyclic amines) is 1. The zero-order chi connectivity index (χ0) is 23.5. The minimum absolute atomic E-state index is 0.260. The highest BCUT2D eigenvalue weighted by atomic mass is 16.3. The second kappa shape index (κ2) is 9.41. The van der Waals surface area contributed by atoms with E-state index in [9.17, 15) is 9.90 Å². The van der Waals surface area contributed by atoms with E-state index in [-0.39, 0.29) is 11.7 Å². The van der Waals surface area contributed by atoms with Gasteiger partial charge in [-0.3, -0.25) is 14.7 Å². The summed E-state index contributed by atoms with van der Waals surface area (Å²) >= 11 is 0. The van der Waals surface area contributed by atoms with Gasteiger partial charge < -0.3 is 14.8 Å². The first-order chi connectivity index (χ1) is 16.5. The molecule has 2 aromatic heterocycles. The lowest BCUT2D eigenvalue weighted by molar-refractivity contribution is -0.0276. The molecule has 1 aliphatic heterocycles. The summed E-state index contributed by atoms with van der Waals surface area (Å²) in [7, 11) is 0. The first-order valence-electron chi connectivity index (χ1n) is 11.7. The van der Waals surface area contributed by atoms with Crippen molar-refractivity contribution in [1.29, 1.82) is 0 Å². The Balaban J connectivity index is 1.24. The predicted octanol–water partition coefficient (Wildman–Crippen LogP) is 4.55. The molecule has 4 aromatic rings. The summed E-state index contributed by atoms with van der Waals surface area (Å²) in [4.78, 5) is 19.0. The van der Waals surface area contributed by atoms with E-state index in [2.05, 4.69) is 46.4 Å². The molecule has 6 heteroatoms. The van der Waals surface area contributed by atoms with Crippen LogP contribution in [0.25, 0.3) is 11.0 Å². The van der Waals surface area contributed by atoms with Gasteiger partial charge in [-0.05, 0) is 60.7 Å². The van der Waals surface area contributed by atoms with Gasteiger partial charge in [0.1, 0.15) is 5.58 Å². The standard InChI is InChI=1S/C28H29N3O3/c1-20-4-2-5-21(14-20)19-31-12-9-28(33,10-13-31)24-7-8-25-23(15-24)16-26(34-25)27(32)30-18-22-6-3-11-29-17-22/h2-8,11,14-17,33H,9-10,12-13,18-19H2,1H3,(H,30,32). The van der Waals surface area contributed by atoms with Gasteiger partial charge in [0.25, 0.3) is 5.91 Å². The largest absolute Gasteiger partial charge is 0.451 e. The Morgan fingerprint density at radius 1 is 1.09 bits per heavy atom. The van der Waals surface area contributed by atoms with Gasteiger partial charge in [0.05, 0.1) is 5.60 Å². The average Bonchev–Trinajstić information content (AvgIpc) is 3.29. The van der Waals surface area contributed by atoms with Crippen molar-refractivity contribution in [2.75, 3.05) is 13.1 Å². The number of pyridine rings is 1. The Kier molecular flexibility index (Phi) is 6.18. The Morgan fingerprint density at radius 3 is 2.68 bits per heavy atom. The van der Waals surface area contributed by atoms with Crippen molar-refractivity contribution in [2.24, 2.45) is 0 Å². The second-order valence-corrected chi connectivity index (χ2v) is 9.20. The number of piperidine rings is 1. The number of fused-ring (bicyclic) bond motifs is 1. The third-order valence-electron chi connectivity index (χ3n) is 6.63. The number of nitrogens with zero attached hydrogens (tertiary/aromatic N) is 2. The minimum atomic E-state index is -0.878. The molecule has 0 bridgehead atoms. The predicted molar refractivity (Wildman–Crippen MR) is 131 cm³/mol. The van der Waals surface area contributed by atoms with Crippen LogP contribution in [0.4, 0.5) is 0 Å². The first-order valence-corrected chi connectivity index (χ1v) is 11.7. The van der Waals surface area contributed by atoms with Gasteiger partial charge in [0.2, 0.25) is 0 Å². The highest BCUT2D eigenvalue weighted by Crippen LogP contribution is 2.35. The number of aryl methyl sites for hydroxylation is 1. The molecule has 2 aromatic carbocycles. The number of carbonyl (C=O) groups excluding carboxylic acids is 1. The number of rotatable bonds is 6. The summed E-state index contributed by atoms with van der Waals surface area (Å²) in [6.45, 7) is 5.05. The summed E-state index contributed by atoms with van der Waals surface area (Å²) in [6.07, 6.45) is 4.75. The second-order valence-electron chi connectivity index (χ2n) is 9.20. The molecule has 1 fully saturated rings. The third kappa shape index (κ3) is 4.88. The summed E-state index contributed by atoms with van der Waals surface area (Å²) in [5.41, 5.74) is 4.13. The molecule has 5 rings (SSSR count). The van der Waals surface area contributed by atoms with Crippen molar-refractivity contribution in [3.05, 3.63) is 101 Å². The van der Waals surface area contributed by atoms with Crippen molar-refractivity contribution in [1.82, 2.24) is 15.2 Å². The van der Waals surface area contributed by atoms with Gasteiger partial charge in [0.15, 0.2) is 5.76 Å². The number of aliphatic hydroxyl groups is 1. The maximum absolute atomic E-state index is 12.6. The molecule has 0 atom stereocenters. The molecule has 0 unspecified atom stereocenters. The van der Waals surface area contributed by atoms with Gasteiger partial charge >= 0.3 is 0 Å². The van der Waals surface area contributed by atoms with Crippen LogP contribution < -0.4 is 5.32 Å². The van der Waals surface area contributed by atoms with Crippen molar-refractivity contribution < 1.29 is 14.3 Å². The van der Waals surface area contributed by atoms with E-state index in [0.29, 0.717) is 25.0 Å². The topological polar surface area (TPSA) is 78.6 Å². The highest BCUT2D eigenvalue weighted by Gasteiger charge is 2.34. The molecule has 0 aliphatic carbocycles. The van der Waals surface area contributed by atoms with Crippen molar-refractivity contribution >= 4 is 16.9 Å². The number of hydrogen-bond acceptors (Lipinski definition) is 5. The summed E-state index contributed by atoms with van der Waals surface area (Å²) < 4.78 is 5.77. The fourth-order valence-corrected chi connectivity index (χ4v) is 4.66. The Morgan fingerprint density at radius 2 is 1.91 bits per heavy atom. The van der Waals surface area contributed by atoms with E-state index < -0.39 is 5.60 Å². The molecule has 3 heterocycles. The number of hydrogen-bond donors (Lipinski definition) is 2. The Labute approximate surface area is 199 Å². The molecule has 0 radical (unpaired) electrons. The number of aromatic nitrogens is 1. The van der Waals surface area contributed by atoms with E-state index in [0.717, 1.165) is 36.1 Å². The van der Waals surface area contributed by atoms with Crippen LogP contribution in [-0.4, -0.2) is 34.0 Å². The average molecular weight is 456 g/mol. The zero-order valence-electron chi connectivity index (χ0n) is 19.3. The van der Waals surface area contributed by atoms with Crippen molar-refractivity contribution in [3.8, 4) is 0 Å². The molecule has 0 saturated carbocycles. The lowest BCUT2D eigenvalue weighted by atomic mass is 9.84. The number of carbonyl (C=O) groups is 1. The van der Waals surface area contributed by atoms with Crippen LogP contribution in [0, 0.1) is 6.92 Å². The Hall–Kier alpha value is -3.48. The molecular weight excluding hydrogens is 426 g/mol. The Bertz CT molecular complexity index is 1290. The van der Waals surface area contributed by atoms with Gasteiger partial charge in [0, 0.05) is 44.0 Å². The molecule has 2 N–H and O–H groups in total. The molecule has 1 aliphatic rings. The van der Waals surface area contributed by atoms with Crippen LogP contribution in [0.3, 0.4) is 0 Å². The monoisotopic (exact) mass is 455 g/mol. The van der Waals surface area contributed by atoms with Gasteiger partial charge in [-0.2, -0.15) is 0 Å². The van der Waals surface area contributed by atoms with Crippen LogP contribution in [0.5, 0.6) is 0 Å². The van der Waals surface area contributed by atoms with Crippen molar-refractivity contribution in [3.63, 3.8) is 0 Å². The number of furan rings is 1. The highest BCUT2D eigenvalue weighted by molar-refractivity contribution is 5.96. The molecule has 1 saturated heterocycles. The van der Waals surface area contributed by atoms with Gasteiger partial charge in [-0.25, -0.2) is 0 Å². The number of benzene rings is 2. The first kappa shape index (κ1) is 22.3. The van der Waals surface area contributed by atoms with E-state index in [4.69, 9.17) is 4.42 Å². The smallest absolute Gasteiger partial charge is 0.287 e. The van der Waals surface area contributed by atoms with Crippen LogP contribution in [0.2, 0.25) is 0 Å². The number of nitrogens with one attached hydrogen (secondary N) is 1. The quantitative estimate of drug-likeness (QED) is 0.446. The zero-order valence-corrected chi connectivity index (χ0v) is 19.3. The maximum Gasteiger partial charge on any atom is 0.287 e. The lowest BCUT2D eigenvalue weighted by Gasteiger charge is -2.38. The van der Waals surface area contributed by atoms with E-state index in [1.807, 2.05) is 30.3 Å². The molecule has 174 valence electrons. The minimum Gasteiger partial charge on any atom is -0.451 e. The fourth-order valence-electron chi connectivity index (χ4n) is 4.66. The molecule has 6 nitrogen and oxygen atoms in total. The van der Waals surface area contributed by atoms with E-state index >= 15 is 0 Å². The fraction of sp³-hybridized carbons (Fsp3) is 0.286. The number of amides is 1. The van der Waals surface area contributed by atoms with Gasteiger partial charge in [-0.1, -0.05) is 42.0 Å². The third-order valence-corrected chi connectivity index (χ3v) is 6.63. The lowest BCUT2D eigenvalue weighted by Crippen LogP contribution is -2.42. The van der Waals surface area contributed by atoms with Crippen LogP contribution in [0.15, 0.2) is 77.5 Å². The summed E-state index contributed by atoms with van der Waals surface area (Å²) in [5.74, 6) is -0.0132. The molecule has 34 heavy (non-hydrogen) atoms. The maximum atomic E-state index is 12.6. The molecule has 0 spiro atoms. The summed E-state index contributed by atoms with van der Waals surface area (Å²) in [6, 6.07) is 19.8.